The topological polar surface area (TPSA) is 133 Å². The Morgan fingerprint density at radius 1 is 1.00 bits per heavy atom. The smallest absolute Gasteiger partial charge is 0.302 e. The average Bonchev–Trinajstić information content (AvgIpc) is 3.79. The zero-order valence-corrected chi connectivity index (χ0v) is 32.6. The van der Waals surface area contributed by atoms with Gasteiger partial charge in [0, 0.05) is 47.1 Å². The third kappa shape index (κ3) is 6.46. The summed E-state index contributed by atoms with van der Waals surface area (Å²) in [6, 6.07) is 22.0. The standard InChI is InChI=1S/C48H48N2O7/c1-27(51)56-26-38-35-14-15-36-44-31(20-32(52)22-42(44)55-3)25-48-19-18-30(24-48)33(13-12-28-8-5-4-6-9-28)34-16-17-43(49)50-39(34)11-7-10-29-21-40(53)41(54-2)23-37(29)46(38)57-47(35)45(36)48/h4-6,8-9,14-17,20-23,30,33,38,43,46,50,52-53H,10,12-13,18-19,24-26,49H2,1-3H3. The molecule has 1 fully saturated rings. The molecule has 9 nitrogen and oxygen atoms in total. The number of nitrogens with two attached hydrogens (primary N) is 1. The number of methoxy groups -OCH3 is 2. The van der Waals surface area contributed by atoms with Gasteiger partial charge < -0.3 is 40.2 Å². The number of carbonyl (C=O) groups is 1. The van der Waals surface area contributed by atoms with E-state index in [2.05, 4.69) is 65.7 Å². The van der Waals surface area contributed by atoms with Crippen LogP contribution in [0.25, 0.3) is 11.1 Å². The van der Waals surface area contributed by atoms with Crippen LogP contribution in [-0.2, 0) is 34.2 Å². The predicted octanol–water partition coefficient (Wildman–Crippen LogP) is 7.66. The summed E-state index contributed by atoms with van der Waals surface area (Å²) in [6.07, 6.45) is 8.90. The van der Waals surface area contributed by atoms with Gasteiger partial charge in [0.05, 0.1) is 32.0 Å². The van der Waals surface area contributed by atoms with Gasteiger partial charge in [-0.25, -0.2) is 0 Å². The lowest BCUT2D eigenvalue weighted by Crippen LogP contribution is -2.38. The second kappa shape index (κ2) is 14.6. The van der Waals surface area contributed by atoms with Crippen LogP contribution < -0.4 is 25.3 Å². The van der Waals surface area contributed by atoms with Gasteiger partial charge in [0.2, 0.25) is 0 Å². The predicted molar refractivity (Wildman–Crippen MR) is 217 cm³/mol. The Hall–Kier alpha value is -5.85. The third-order valence-corrected chi connectivity index (χ3v) is 12.9. The van der Waals surface area contributed by atoms with E-state index in [4.69, 9.17) is 24.7 Å². The number of aromatic hydroxyl groups is 2. The number of fused-ring (bicyclic) bond motifs is 6. The van der Waals surface area contributed by atoms with Crippen LogP contribution in [0.2, 0.25) is 0 Å². The molecular formula is C48H48N2O7. The van der Waals surface area contributed by atoms with Crippen molar-refractivity contribution in [2.75, 3.05) is 20.8 Å². The highest BCUT2D eigenvalue weighted by Gasteiger charge is 2.52. The first-order valence-electron chi connectivity index (χ1n) is 19.9. The number of dihydropyridines is 1. The molecule has 1 spiro atoms. The molecule has 0 radical (unpaired) electrons. The fourth-order valence-electron chi connectivity index (χ4n) is 10.5. The lowest BCUT2D eigenvalue weighted by Gasteiger charge is -2.40. The number of phenols is 2. The highest BCUT2D eigenvalue weighted by atomic mass is 16.5. The molecule has 3 heterocycles. The molecule has 5 aliphatic rings. The second-order valence-electron chi connectivity index (χ2n) is 16.2. The molecule has 0 aromatic heterocycles. The third-order valence-electron chi connectivity index (χ3n) is 12.9. The van der Waals surface area contributed by atoms with Gasteiger partial charge in [0.15, 0.2) is 11.5 Å². The fourth-order valence-corrected chi connectivity index (χ4v) is 10.5. The number of carbonyl (C=O) groups excluding carboxylic acids is 1. The van der Waals surface area contributed by atoms with Gasteiger partial charge in [-0.3, -0.25) is 4.79 Å². The van der Waals surface area contributed by atoms with Crippen molar-refractivity contribution in [2.45, 2.75) is 75.5 Å². The van der Waals surface area contributed by atoms with Crippen LogP contribution in [0.1, 0.15) is 78.0 Å². The maximum absolute atomic E-state index is 12.4. The molecule has 6 unspecified atom stereocenters. The Balaban J connectivity index is 1.29. The van der Waals surface area contributed by atoms with E-state index >= 15 is 0 Å². The lowest BCUT2D eigenvalue weighted by atomic mass is 9.64. The van der Waals surface area contributed by atoms with Gasteiger partial charge >= 0.3 is 5.97 Å². The molecule has 292 valence electrons. The summed E-state index contributed by atoms with van der Waals surface area (Å²) in [7, 11) is 3.17. The van der Waals surface area contributed by atoms with Crippen molar-refractivity contribution < 1.29 is 34.0 Å². The fraction of sp³-hybridized carbons (Fsp3) is 0.354. The summed E-state index contributed by atoms with van der Waals surface area (Å²) in [5.74, 6) is 8.59. The molecule has 9 rings (SSSR count). The highest BCUT2D eigenvalue weighted by Crippen LogP contribution is 2.63. The molecule has 5 N–H and O–H groups in total. The van der Waals surface area contributed by atoms with Crippen molar-refractivity contribution in [2.24, 2.45) is 17.6 Å². The SMILES string of the molecule is COc1cc2c(cc1O)CC#CC1=C(C=CC(N)N1)C(CCc1ccccc1)C1CCC3(Cc4cc(O)cc(OC)c4-c4ccc5c(c43)OC2C5COC(C)=O)C1. The van der Waals surface area contributed by atoms with E-state index < -0.39 is 6.10 Å². The molecule has 4 bridgehead atoms. The Kier molecular flexibility index (Phi) is 9.41. The number of benzene rings is 4. The molecule has 4 aromatic rings. The average molecular weight is 765 g/mol. The van der Waals surface area contributed by atoms with Crippen molar-refractivity contribution in [3.8, 4) is 51.7 Å². The summed E-state index contributed by atoms with van der Waals surface area (Å²) in [5.41, 5.74) is 16.2. The van der Waals surface area contributed by atoms with E-state index in [0.717, 1.165) is 82.5 Å². The van der Waals surface area contributed by atoms with Crippen LogP contribution in [0.3, 0.4) is 0 Å². The van der Waals surface area contributed by atoms with Crippen LogP contribution in [0.5, 0.6) is 28.7 Å². The van der Waals surface area contributed by atoms with E-state index in [1.54, 1.807) is 19.2 Å². The summed E-state index contributed by atoms with van der Waals surface area (Å²) in [4.78, 5) is 12.4. The van der Waals surface area contributed by atoms with Gasteiger partial charge in [0.25, 0.3) is 0 Å². The van der Waals surface area contributed by atoms with Gasteiger partial charge in [-0.15, -0.1) is 0 Å². The number of nitrogens with one attached hydrogen (secondary N) is 1. The normalized spacial score (nSPS) is 24.9. The van der Waals surface area contributed by atoms with E-state index in [0.29, 0.717) is 30.3 Å². The molecule has 57 heavy (non-hydrogen) atoms. The van der Waals surface area contributed by atoms with Crippen molar-refractivity contribution in [1.82, 2.24) is 5.32 Å². The second-order valence-corrected chi connectivity index (χ2v) is 16.2. The summed E-state index contributed by atoms with van der Waals surface area (Å²) in [6.45, 7) is 1.53. The monoisotopic (exact) mass is 764 g/mol. The molecule has 9 heteroatoms. The first-order chi connectivity index (χ1) is 27.7. The first-order valence-corrected chi connectivity index (χ1v) is 19.9. The maximum Gasteiger partial charge on any atom is 0.302 e. The number of hydrogen-bond donors (Lipinski definition) is 4. The van der Waals surface area contributed by atoms with Crippen molar-refractivity contribution in [3.05, 3.63) is 124 Å². The van der Waals surface area contributed by atoms with Crippen LogP contribution in [0.4, 0.5) is 0 Å². The van der Waals surface area contributed by atoms with E-state index in [1.807, 2.05) is 18.2 Å². The van der Waals surface area contributed by atoms with E-state index in [9.17, 15) is 15.0 Å². The quantitative estimate of drug-likeness (QED) is 0.111. The molecule has 4 aromatic carbocycles. The first kappa shape index (κ1) is 36.8. The van der Waals surface area contributed by atoms with Crippen molar-refractivity contribution in [1.29, 1.82) is 0 Å². The largest absolute Gasteiger partial charge is 0.508 e. The Labute approximate surface area is 333 Å². The van der Waals surface area contributed by atoms with Gasteiger partial charge in [-0.1, -0.05) is 54.5 Å². The maximum atomic E-state index is 12.4. The number of hydrogen-bond acceptors (Lipinski definition) is 9. The molecule has 0 saturated heterocycles. The number of phenolic OH excluding ortho intramolecular Hbond substituents is 2. The van der Waals surface area contributed by atoms with Gasteiger partial charge in [-0.2, -0.15) is 0 Å². The molecule has 3 aliphatic heterocycles. The number of ether oxygens (including phenoxy) is 4. The molecular weight excluding hydrogens is 717 g/mol. The summed E-state index contributed by atoms with van der Waals surface area (Å²) < 4.78 is 24.7. The van der Waals surface area contributed by atoms with Crippen molar-refractivity contribution >= 4 is 5.97 Å². The number of aryl methyl sites for hydroxylation is 1. The number of allylic oxidation sites excluding steroid dienone is 3. The van der Waals surface area contributed by atoms with Crippen LogP contribution in [0, 0.1) is 23.7 Å². The molecule has 1 saturated carbocycles. The minimum Gasteiger partial charge on any atom is -0.508 e. The molecule has 2 aliphatic carbocycles. The Bertz CT molecular complexity index is 2390. The summed E-state index contributed by atoms with van der Waals surface area (Å²) >= 11 is 0. The van der Waals surface area contributed by atoms with Gasteiger partial charge in [0.1, 0.15) is 30.0 Å². The van der Waals surface area contributed by atoms with E-state index in [1.165, 1.54) is 25.2 Å². The van der Waals surface area contributed by atoms with Crippen LogP contribution >= 0.6 is 0 Å². The minimum absolute atomic E-state index is 0.00485. The number of esters is 1. The minimum atomic E-state index is -0.572. The highest BCUT2D eigenvalue weighted by molar-refractivity contribution is 5.84. The zero-order valence-electron chi connectivity index (χ0n) is 32.6. The Morgan fingerprint density at radius 3 is 2.61 bits per heavy atom. The molecule has 6 atom stereocenters. The van der Waals surface area contributed by atoms with E-state index in [-0.39, 0.29) is 47.5 Å². The molecule has 0 amide bonds. The van der Waals surface area contributed by atoms with Crippen molar-refractivity contribution in [3.63, 3.8) is 0 Å². The van der Waals surface area contributed by atoms with Crippen LogP contribution in [0.15, 0.2) is 90.2 Å². The lowest BCUT2D eigenvalue weighted by molar-refractivity contribution is -0.141. The van der Waals surface area contributed by atoms with Crippen LogP contribution in [-0.4, -0.2) is 43.2 Å². The Morgan fingerprint density at radius 2 is 1.82 bits per heavy atom. The number of rotatable bonds is 7. The zero-order chi connectivity index (χ0) is 39.4. The van der Waals surface area contributed by atoms with Gasteiger partial charge in [-0.05, 0) is 108 Å². The summed E-state index contributed by atoms with van der Waals surface area (Å²) in [5, 5.41) is 25.6.